The van der Waals surface area contributed by atoms with Crippen molar-refractivity contribution in [3.8, 4) is 11.5 Å². The standard InChI is InChI=1S/C28H31F4N7O4/c1-42-24-13-22-23(14-25(24)43-11-3-7-38(9-10-40)8-6-28(30,31)32)33-18-34-27(22)37-21-15-35-39(16-21)17-26(41)36-20-5-2-4-19(29)12-20/h2,4-5,12-16,18,40H,3,6-11,17H2,1H3,(H,36,41)(H,33,34,37). The quantitative estimate of drug-likeness (QED) is 0.134. The van der Waals surface area contributed by atoms with Crippen molar-refractivity contribution < 1.29 is 36.9 Å². The summed E-state index contributed by atoms with van der Waals surface area (Å²) in [6, 6.07) is 8.95. The van der Waals surface area contributed by atoms with E-state index in [-0.39, 0.29) is 38.8 Å². The number of benzene rings is 2. The maximum Gasteiger partial charge on any atom is 0.390 e. The molecule has 2 aromatic carbocycles. The molecule has 0 aliphatic carbocycles. The van der Waals surface area contributed by atoms with Crippen LogP contribution in [-0.4, -0.2) is 81.8 Å². The number of fused-ring (bicyclic) bond motifs is 1. The lowest BCUT2D eigenvalue weighted by molar-refractivity contribution is -0.138. The monoisotopic (exact) mass is 605 g/mol. The Hall–Kier alpha value is -4.50. The van der Waals surface area contributed by atoms with E-state index >= 15 is 0 Å². The molecule has 2 heterocycles. The molecule has 15 heteroatoms. The van der Waals surface area contributed by atoms with E-state index in [9.17, 15) is 22.4 Å². The number of aromatic nitrogens is 4. The third-order valence-corrected chi connectivity index (χ3v) is 6.23. The lowest BCUT2D eigenvalue weighted by atomic mass is 10.2. The minimum absolute atomic E-state index is 0.0999. The molecule has 0 saturated carbocycles. The van der Waals surface area contributed by atoms with E-state index in [0.717, 1.165) is 0 Å². The molecule has 0 radical (unpaired) electrons. The van der Waals surface area contributed by atoms with Crippen molar-refractivity contribution >= 4 is 34.0 Å². The largest absolute Gasteiger partial charge is 0.493 e. The molecule has 0 saturated heterocycles. The van der Waals surface area contributed by atoms with Crippen LogP contribution in [0.3, 0.4) is 0 Å². The van der Waals surface area contributed by atoms with Crippen molar-refractivity contribution in [1.82, 2.24) is 24.6 Å². The third kappa shape index (κ3) is 9.51. The molecule has 4 rings (SSSR count). The maximum atomic E-state index is 13.4. The van der Waals surface area contributed by atoms with Crippen LogP contribution in [-0.2, 0) is 11.3 Å². The third-order valence-electron chi connectivity index (χ3n) is 6.23. The molecule has 0 aliphatic heterocycles. The second-order valence-electron chi connectivity index (χ2n) is 9.49. The summed E-state index contributed by atoms with van der Waals surface area (Å²) >= 11 is 0. The molecule has 2 aromatic heterocycles. The minimum Gasteiger partial charge on any atom is -0.493 e. The Balaban J connectivity index is 1.37. The van der Waals surface area contributed by atoms with Gasteiger partial charge in [0.1, 0.15) is 24.5 Å². The maximum absolute atomic E-state index is 13.4. The zero-order valence-corrected chi connectivity index (χ0v) is 23.3. The number of aliphatic hydroxyl groups is 1. The Morgan fingerprint density at radius 3 is 2.67 bits per heavy atom. The molecule has 0 aliphatic rings. The van der Waals surface area contributed by atoms with E-state index in [2.05, 4.69) is 25.7 Å². The number of halogens is 4. The molecule has 1 amide bonds. The molecular weight excluding hydrogens is 574 g/mol. The van der Waals surface area contributed by atoms with Gasteiger partial charge in [0.25, 0.3) is 0 Å². The predicted molar refractivity (Wildman–Crippen MR) is 151 cm³/mol. The Morgan fingerprint density at radius 1 is 1.09 bits per heavy atom. The number of methoxy groups -OCH3 is 1. The molecule has 0 spiro atoms. The second kappa shape index (κ2) is 14.6. The number of rotatable bonds is 15. The van der Waals surface area contributed by atoms with Crippen LogP contribution in [0.25, 0.3) is 10.9 Å². The number of carbonyl (C=O) groups is 1. The van der Waals surface area contributed by atoms with E-state index in [1.54, 1.807) is 29.3 Å². The Bertz CT molecular complexity index is 1520. The van der Waals surface area contributed by atoms with E-state index in [1.807, 2.05) is 0 Å². The predicted octanol–water partition coefficient (Wildman–Crippen LogP) is 4.37. The van der Waals surface area contributed by atoms with E-state index < -0.39 is 18.4 Å². The average molecular weight is 606 g/mol. The number of nitrogens with one attached hydrogen (secondary N) is 2. The molecule has 4 aromatic rings. The van der Waals surface area contributed by atoms with Crippen molar-refractivity contribution in [1.29, 1.82) is 0 Å². The fourth-order valence-corrected chi connectivity index (χ4v) is 4.23. The van der Waals surface area contributed by atoms with Crippen LogP contribution >= 0.6 is 0 Å². The van der Waals surface area contributed by atoms with Gasteiger partial charge >= 0.3 is 6.18 Å². The van der Waals surface area contributed by atoms with Gasteiger partial charge in [0.05, 0.1) is 44.1 Å². The first-order valence-corrected chi connectivity index (χ1v) is 13.3. The highest BCUT2D eigenvalue weighted by Crippen LogP contribution is 2.34. The highest BCUT2D eigenvalue weighted by atomic mass is 19.4. The minimum atomic E-state index is -4.26. The van der Waals surface area contributed by atoms with Crippen LogP contribution in [0.2, 0.25) is 0 Å². The summed E-state index contributed by atoms with van der Waals surface area (Å²) in [5, 5.41) is 19.7. The fourth-order valence-electron chi connectivity index (χ4n) is 4.23. The van der Waals surface area contributed by atoms with Gasteiger partial charge in [-0.15, -0.1) is 0 Å². The lowest BCUT2D eigenvalue weighted by Crippen LogP contribution is -2.32. The van der Waals surface area contributed by atoms with Gasteiger partial charge < -0.3 is 30.1 Å². The smallest absolute Gasteiger partial charge is 0.390 e. The van der Waals surface area contributed by atoms with E-state index in [4.69, 9.17) is 14.6 Å². The van der Waals surface area contributed by atoms with Crippen molar-refractivity contribution in [3.63, 3.8) is 0 Å². The first kappa shape index (κ1) is 31.4. The highest BCUT2D eigenvalue weighted by molar-refractivity contribution is 5.93. The van der Waals surface area contributed by atoms with Crippen molar-refractivity contribution in [3.05, 3.63) is 60.9 Å². The van der Waals surface area contributed by atoms with Gasteiger partial charge in [-0.1, -0.05) is 6.07 Å². The van der Waals surface area contributed by atoms with Gasteiger partial charge in [-0.2, -0.15) is 18.3 Å². The first-order chi connectivity index (χ1) is 20.6. The van der Waals surface area contributed by atoms with Crippen molar-refractivity contribution in [2.45, 2.75) is 25.6 Å². The van der Waals surface area contributed by atoms with E-state index in [1.165, 1.54) is 42.5 Å². The summed E-state index contributed by atoms with van der Waals surface area (Å²) in [7, 11) is 1.48. The summed E-state index contributed by atoms with van der Waals surface area (Å²) < 4.78 is 63.9. The second-order valence-corrected chi connectivity index (χ2v) is 9.49. The summed E-state index contributed by atoms with van der Waals surface area (Å²) in [6.07, 6.45) is -0.281. The summed E-state index contributed by atoms with van der Waals surface area (Å²) in [6.45, 7) is 0.137. The number of anilines is 3. The molecule has 3 N–H and O–H groups in total. The van der Waals surface area contributed by atoms with Gasteiger partial charge in [0.15, 0.2) is 11.5 Å². The number of alkyl halides is 3. The van der Waals surface area contributed by atoms with Crippen molar-refractivity contribution in [2.75, 3.05) is 50.6 Å². The molecule has 43 heavy (non-hydrogen) atoms. The Labute approximate surface area is 244 Å². The van der Waals surface area contributed by atoms with Gasteiger partial charge in [0, 0.05) is 43.0 Å². The summed E-state index contributed by atoms with van der Waals surface area (Å²) in [5.74, 6) is 0.412. The normalized spacial score (nSPS) is 11.6. The first-order valence-electron chi connectivity index (χ1n) is 13.3. The average Bonchev–Trinajstić information content (AvgIpc) is 3.39. The van der Waals surface area contributed by atoms with Gasteiger partial charge in [-0.3, -0.25) is 9.48 Å². The molecular formula is C28H31F4N7O4. The number of carbonyl (C=O) groups excluding carboxylic acids is 1. The summed E-state index contributed by atoms with van der Waals surface area (Å²) in [4.78, 5) is 22.5. The fraction of sp³-hybridized carbons (Fsp3) is 0.357. The van der Waals surface area contributed by atoms with Crippen LogP contribution in [0.1, 0.15) is 12.8 Å². The van der Waals surface area contributed by atoms with Gasteiger partial charge in [-0.25, -0.2) is 14.4 Å². The zero-order chi connectivity index (χ0) is 30.8. The number of ether oxygens (including phenoxy) is 2. The van der Waals surface area contributed by atoms with Crippen LogP contribution in [0.4, 0.5) is 34.8 Å². The number of hydrogen-bond acceptors (Lipinski definition) is 9. The SMILES string of the molecule is COc1cc2c(Nc3cnn(CC(=O)Nc4cccc(F)c4)c3)ncnc2cc1OCCCN(CCO)CCC(F)(F)F. The number of aliphatic hydroxyl groups excluding tert-OH is 1. The molecule has 230 valence electrons. The van der Waals surface area contributed by atoms with Crippen LogP contribution in [0.5, 0.6) is 11.5 Å². The summed E-state index contributed by atoms with van der Waals surface area (Å²) in [5.41, 5.74) is 1.43. The molecule has 0 fully saturated rings. The van der Waals surface area contributed by atoms with Gasteiger partial charge in [-0.05, 0) is 30.7 Å². The molecule has 0 atom stereocenters. The Morgan fingerprint density at radius 2 is 1.93 bits per heavy atom. The molecule has 0 unspecified atom stereocenters. The van der Waals surface area contributed by atoms with Crippen LogP contribution in [0.15, 0.2) is 55.1 Å². The lowest BCUT2D eigenvalue weighted by Gasteiger charge is -2.22. The highest BCUT2D eigenvalue weighted by Gasteiger charge is 2.27. The van der Waals surface area contributed by atoms with Crippen LogP contribution < -0.4 is 20.1 Å². The van der Waals surface area contributed by atoms with E-state index in [0.29, 0.717) is 52.6 Å². The number of nitrogens with zero attached hydrogens (tertiary/aromatic N) is 5. The Kier molecular flexibility index (Phi) is 10.7. The number of hydrogen-bond donors (Lipinski definition) is 3. The van der Waals surface area contributed by atoms with Gasteiger partial charge in [0.2, 0.25) is 5.91 Å². The topological polar surface area (TPSA) is 127 Å². The number of amides is 1. The van der Waals surface area contributed by atoms with Crippen molar-refractivity contribution in [2.24, 2.45) is 0 Å². The van der Waals surface area contributed by atoms with Crippen LogP contribution in [0, 0.1) is 5.82 Å². The molecule has 11 nitrogen and oxygen atoms in total. The zero-order valence-electron chi connectivity index (χ0n) is 23.3. The molecule has 0 bridgehead atoms.